The largest absolute Gasteiger partial charge is 0.465 e. The first-order valence-corrected chi connectivity index (χ1v) is 10.8. The SMILES string of the molecule is CCOCCn1c(-c2ccc(N3[C@@H](C)CC[C@@H]3C)nc2)nc2cc(C(=O)OC)cnc21. The topological polar surface area (TPSA) is 82.4 Å². The maximum Gasteiger partial charge on any atom is 0.339 e. The molecule has 1 fully saturated rings. The van der Waals surface area contributed by atoms with E-state index in [9.17, 15) is 4.79 Å². The second kappa shape index (κ2) is 9.01. The number of fused-ring (bicyclic) bond motifs is 1. The van der Waals surface area contributed by atoms with Gasteiger partial charge in [0.15, 0.2) is 5.65 Å². The lowest BCUT2D eigenvalue weighted by Gasteiger charge is -2.27. The minimum absolute atomic E-state index is 0.376. The van der Waals surface area contributed by atoms with Gasteiger partial charge in [-0.1, -0.05) is 0 Å². The fourth-order valence-electron chi connectivity index (χ4n) is 4.29. The van der Waals surface area contributed by atoms with Gasteiger partial charge in [0.05, 0.1) is 19.3 Å². The molecule has 0 N–H and O–H groups in total. The Labute approximate surface area is 182 Å². The van der Waals surface area contributed by atoms with Crippen LogP contribution in [0.2, 0.25) is 0 Å². The molecule has 1 saturated heterocycles. The van der Waals surface area contributed by atoms with Crippen LogP contribution < -0.4 is 4.90 Å². The average Bonchev–Trinajstić information content (AvgIpc) is 3.32. The van der Waals surface area contributed by atoms with Gasteiger partial charge in [0, 0.05) is 43.2 Å². The van der Waals surface area contributed by atoms with Crippen LogP contribution in [0, 0.1) is 0 Å². The predicted octanol–water partition coefficient (Wildman–Crippen LogP) is 3.69. The first-order chi connectivity index (χ1) is 15.0. The molecule has 2 atom stereocenters. The van der Waals surface area contributed by atoms with Gasteiger partial charge in [0.2, 0.25) is 0 Å². The molecule has 4 rings (SSSR count). The molecule has 164 valence electrons. The third kappa shape index (κ3) is 4.12. The summed E-state index contributed by atoms with van der Waals surface area (Å²) in [6.07, 6.45) is 5.76. The Morgan fingerprint density at radius 2 is 1.94 bits per heavy atom. The number of carbonyl (C=O) groups excluding carboxylic acids is 1. The number of carbonyl (C=O) groups is 1. The summed E-state index contributed by atoms with van der Waals surface area (Å²) < 4.78 is 12.4. The van der Waals surface area contributed by atoms with Gasteiger partial charge in [-0.3, -0.25) is 0 Å². The zero-order valence-electron chi connectivity index (χ0n) is 18.5. The minimum Gasteiger partial charge on any atom is -0.465 e. The Hall–Kier alpha value is -3.00. The summed E-state index contributed by atoms with van der Waals surface area (Å²) >= 11 is 0. The summed E-state index contributed by atoms with van der Waals surface area (Å²) in [5.74, 6) is 1.31. The molecule has 0 aliphatic carbocycles. The van der Waals surface area contributed by atoms with E-state index >= 15 is 0 Å². The van der Waals surface area contributed by atoms with E-state index in [1.54, 1.807) is 6.07 Å². The second-order valence-corrected chi connectivity index (χ2v) is 7.93. The van der Waals surface area contributed by atoms with Gasteiger partial charge in [-0.25, -0.2) is 19.7 Å². The average molecular weight is 424 g/mol. The van der Waals surface area contributed by atoms with E-state index in [4.69, 9.17) is 19.4 Å². The number of hydrogen-bond donors (Lipinski definition) is 0. The zero-order valence-corrected chi connectivity index (χ0v) is 18.5. The molecule has 0 bridgehead atoms. The number of rotatable bonds is 7. The molecule has 1 aliphatic rings. The number of nitrogens with zero attached hydrogens (tertiary/aromatic N) is 5. The summed E-state index contributed by atoms with van der Waals surface area (Å²) in [4.78, 5) is 28.3. The van der Waals surface area contributed by atoms with Crippen molar-refractivity contribution >= 4 is 23.0 Å². The van der Waals surface area contributed by atoms with E-state index < -0.39 is 5.97 Å². The Balaban J connectivity index is 1.72. The molecule has 0 amide bonds. The van der Waals surface area contributed by atoms with Gasteiger partial charge >= 0.3 is 5.97 Å². The van der Waals surface area contributed by atoms with Crippen molar-refractivity contribution in [2.75, 3.05) is 25.2 Å². The van der Waals surface area contributed by atoms with E-state index in [0.29, 0.717) is 48.6 Å². The highest BCUT2D eigenvalue weighted by molar-refractivity contribution is 5.92. The number of hydrogen-bond acceptors (Lipinski definition) is 7. The molecule has 4 heterocycles. The van der Waals surface area contributed by atoms with Gasteiger partial charge in [-0.05, 0) is 51.8 Å². The van der Waals surface area contributed by atoms with Crippen molar-refractivity contribution in [3.05, 3.63) is 36.2 Å². The van der Waals surface area contributed by atoms with Gasteiger partial charge < -0.3 is 18.9 Å². The number of pyridine rings is 2. The Kier molecular flexibility index (Phi) is 6.18. The van der Waals surface area contributed by atoms with Gasteiger partial charge in [0.1, 0.15) is 17.2 Å². The highest BCUT2D eigenvalue weighted by atomic mass is 16.5. The highest BCUT2D eigenvalue weighted by Gasteiger charge is 2.28. The molecule has 0 saturated carbocycles. The van der Waals surface area contributed by atoms with Crippen molar-refractivity contribution in [2.45, 2.75) is 52.2 Å². The molecule has 0 radical (unpaired) electrons. The van der Waals surface area contributed by atoms with E-state index in [1.807, 2.05) is 17.7 Å². The van der Waals surface area contributed by atoms with E-state index in [1.165, 1.54) is 26.1 Å². The maximum absolute atomic E-state index is 11.9. The first-order valence-electron chi connectivity index (χ1n) is 10.8. The van der Waals surface area contributed by atoms with Gasteiger partial charge in [-0.15, -0.1) is 0 Å². The van der Waals surface area contributed by atoms with Crippen molar-refractivity contribution in [2.24, 2.45) is 0 Å². The third-order valence-electron chi connectivity index (χ3n) is 5.89. The molecular weight excluding hydrogens is 394 g/mol. The predicted molar refractivity (Wildman–Crippen MR) is 119 cm³/mol. The number of imidazole rings is 1. The van der Waals surface area contributed by atoms with E-state index in [2.05, 4.69) is 35.9 Å². The lowest BCUT2D eigenvalue weighted by Crippen LogP contribution is -2.33. The molecule has 0 spiro atoms. The summed E-state index contributed by atoms with van der Waals surface area (Å²) in [6, 6.07) is 6.81. The molecule has 3 aromatic heterocycles. The van der Waals surface area contributed by atoms with Crippen molar-refractivity contribution in [3.63, 3.8) is 0 Å². The van der Waals surface area contributed by atoms with Crippen LogP contribution in [-0.2, 0) is 16.0 Å². The van der Waals surface area contributed by atoms with Crippen molar-refractivity contribution < 1.29 is 14.3 Å². The summed E-state index contributed by atoms with van der Waals surface area (Å²) in [7, 11) is 1.36. The normalized spacial score (nSPS) is 18.6. The first kappa shape index (κ1) is 21.2. The molecule has 8 heteroatoms. The number of anilines is 1. The molecule has 1 aliphatic heterocycles. The van der Waals surface area contributed by atoms with Crippen molar-refractivity contribution in [1.29, 1.82) is 0 Å². The number of ether oxygens (including phenoxy) is 2. The number of methoxy groups -OCH3 is 1. The van der Waals surface area contributed by atoms with Crippen LogP contribution in [0.5, 0.6) is 0 Å². The summed E-state index contributed by atoms with van der Waals surface area (Å²) in [5, 5.41) is 0. The fraction of sp³-hybridized carbons (Fsp3) is 0.478. The third-order valence-corrected chi connectivity index (χ3v) is 5.89. The summed E-state index contributed by atoms with van der Waals surface area (Å²) in [6.45, 7) is 8.25. The van der Waals surface area contributed by atoms with Crippen molar-refractivity contribution in [3.8, 4) is 11.4 Å². The standard InChI is InChI=1S/C23H29N5O3/c1-5-31-11-10-27-21(26-19-12-18(23(29)30-4)14-25-22(19)27)17-8-9-20(24-13-17)28-15(2)6-7-16(28)3/h8-9,12-16H,5-7,10-11H2,1-4H3/t15-,16-/m0/s1. The van der Waals surface area contributed by atoms with Crippen LogP contribution in [0.4, 0.5) is 5.82 Å². The maximum atomic E-state index is 11.9. The molecule has 8 nitrogen and oxygen atoms in total. The highest BCUT2D eigenvalue weighted by Crippen LogP contribution is 2.30. The van der Waals surface area contributed by atoms with Crippen molar-refractivity contribution in [1.82, 2.24) is 19.5 Å². The van der Waals surface area contributed by atoms with Crippen LogP contribution in [-0.4, -0.2) is 57.9 Å². The summed E-state index contributed by atoms with van der Waals surface area (Å²) in [5.41, 5.74) is 2.62. The minimum atomic E-state index is -0.431. The quantitative estimate of drug-likeness (QED) is 0.423. The smallest absolute Gasteiger partial charge is 0.339 e. The van der Waals surface area contributed by atoms with Crippen LogP contribution in [0.1, 0.15) is 44.0 Å². The molecular formula is C23H29N5O3. The van der Waals surface area contributed by atoms with Gasteiger partial charge in [0.25, 0.3) is 0 Å². The monoisotopic (exact) mass is 423 g/mol. The molecule has 0 aromatic carbocycles. The number of aromatic nitrogens is 4. The van der Waals surface area contributed by atoms with E-state index in [0.717, 1.165) is 17.2 Å². The lowest BCUT2D eigenvalue weighted by molar-refractivity contribution is 0.0600. The Morgan fingerprint density at radius 1 is 1.16 bits per heavy atom. The van der Waals surface area contributed by atoms with Crippen LogP contribution in [0.25, 0.3) is 22.6 Å². The zero-order chi connectivity index (χ0) is 22.0. The van der Waals surface area contributed by atoms with Crippen LogP contribution >= 0.6 is 0 Å². The van der Waals surface area contributed by atoms with E-state index in [-0.39, 0.29) is 0 Å². The Bertz CT molecular complexity index is 1050. The van der Waals surface area contributed by atoms with Gasteiger partial charge in [-0.2, -0.15) is 0 Å². The van der Waals surface area contributed by atoms with Crippen LogP contribution in [0.15, 0.2) is 30.6 Å². The second-order valence-electron chi connectivity index (χ2n) is 7.93. The molecule has 31 heavy (non-hydrogen) atoms. The number of esters is 1. The lowest BCUT2D eigenvalue weighted by atomic mass is 10.2. The fourth-order valence-corrected chi connectivity index (χ4v) is 4.29. The van der Waals surface area contributed by atoms with Crippen LogP contribution in [0.3, 0.4) is 0 Å². The Morgan fingerprint density at radius 3 is 2.58 bits per heavy atom. The molecule has 3 aromatic rings. The molecule has 0 unspecified atom stereocenters.